The Morgan fingerprint density at radius 3 is 2.96 bits per heavy atom. The zero-order valence-electron chi connectivity index (χ0n) is 13.1. The largest absolute Gasteiger partial charge is 0.399 e. The molecule has 1 aliphatic rings. The molecule has 5 heteroatoms. The number of amides is 1. The Kier molecular flexibility index (Phi) is 4.57. The molecule has 0 aliphatic heterocycles. The Labute approximate surface area is 136 Å². The molecular weight excluding hydrogens is 288 g/mol. The average Bonchev–Trinajstić information content (AvgIpc) is 2.58. The zero-order valence-corrected chi connectivity index (χ0v) is 13.1. The van der Waals surface area contributed by atoms with Crippen LogP contribution in [0.15, 0.2) is 36.5 Å². The van der Waals surface area contributed by atoms with Gasteiger partial charge in [-0.15, -0.1) is 0 Å². The number of nitrogens with one attached hydrogen (secondary N) is 1. The summed E-state index contributed by atoms with van der Waals surface area (Å²) in [6, 6.07) is 9.43. The number of benzene rings is 1. The van der Waals surface area contributed by atoms with Crippen molar-refractivity contribution in [3.05, 3.63) is 58.9 Å². The summed E-state index contributed by atoms with van der Waals surface area (Å²) in [6.07, 6.45) is 4.98. The molecule has 3 rings (SSSR count). The quantitative estimate of drug-likeness (QED) is 0.805. The van der Waals surface area contributed by atoms with Gasteiger partial charge in [0.15, 0.2) is 0 Å². The van der Waals surface area contributed by atoms with Crippen molar-refractivity contribution in [3.63, 3.8) is 0 Å². The van der Waals surface area contributed by atoms with E-state index < -0.39 is 0 Å². The van der Waals surface area contributed by atoms with Crippen molar-refractivity contribution in [1.82, 2.24) is 10.3 Å². The summed E-state index contributed by atoms with van der Waals surface area (Å²) in [4.78, 5) is 16.6. The fraction of sp³-hybridized carbons (Fsp3) is 0.333. The van der Waals surface area contributed by atoms with E-state index in [-0.39, 0.29) is 5.91 Å². The Morgan fingerprint density at radius 1 is 1.30 bits per heavy atom. The van der Waals surface area contributed by atoms with Crippen LogP contribution in [0.5, 0.6) is 0 Å². The van der Waals surface area contributed by atoms with E-state index in [2.05, 4.69) is 16.4 Å². The number of pyridine rings is 1. The van der Waals surface area contributed by atoms with E-state index in [0.29, 0.717) is 30.3 Å². The number of fused-ring (bicyclic) bond motifs is 1. The summed E-state index contributed by atoms with van der Waals surface area (Å²) < 4.78 is 0. The van der Waals surface area contributed by atoms with Crippen LogP contribution in [-0.2, 0) is 13.0 Å². The molecule has 0 saturated heterocycles. The van der Waals surface area contributed by atoms with Gasteiger partial charge in [0.25, 0.3) is 5.91 Å². The van der Waals surface area contributed by atoms with Gasteiger partial charge in [0.1, 0.15) is 0 Å². The van der Waals surface area contributed by atoms with Crippen molar-refractivity contribution in [2.24, 2.45) is 5.73 Å². The van der Waals surface area contributed by atoms with E-state index >= 15 is 0 Å². The van der Waals surface area contributed by atoms with Crippen molar-refractivity contribution >= 4 is 11.6 Å². The fourth-order valence-corrected chi connectivity index (χ4v) is 3.15. The van der Waals surface area contributed by atoms with E-state index in [1.165, 1.54) is 17.5 Å². The zero-order chi connectivity index (χ0) is 16.2. The topological polar surface area (TPSA) is 94.0 Å². The van der Waals surface area contributed by atoms with Gasteiger partial charge in [-0.1, -0.05) is 6.07 Å². The highest BCUT2D eigenvalue weighted by molar-refractivity contribution is 5.94. The number of carbonyl (C=O) groups is 1. The van der Waals surface area contributed by atoms with Crippen LogP contribution in [0.3, 0.4) is 0 Å². The first kappa shape index (κ1) is 15.5. The third-order valence-electron chi connectivity index (χ3n) is 4.40. The first-order valence-corrected chi connectivity index (χ1v) is 7.99. The summed E-state index contributed by atoms with van der Waals surface area (Å²) in [5.74, 6) is 0.264. The Hall–Kier alpha value is -2.40. The smallest absolute Gasteiger partial charge is 0.251 e. The molecule has 1 heterocycles. The van der Waals surface area contributed by atoms with Crippen LogP contribution in [0.1, 0.15) is 45.9 Å². The minimum atomic E-state index is -0.0987. The molecule has 23 heavy (non-hydrogen) atoms. The molecule has 5 nitrogen and oxygen atoms in total. The van der Waals surface area contributed by atoms with Gasteiger partial charge in [-0.05, 0) is 67.1 Å². The van der Waals surface area contributed by atoms with Gasteiger partial charge in [0.2, 0.25) is 0 Å². The maximum Gasteiger partial charge on any atom is 0.251 e. The number of nitrogens with zero attached hydrogens (tertiary/aromatic N) is 1. The van der Waals surface area contributed by atoms with E-state index in [4.69, 9.17) is 11.5 Å². The molecule has 0 spiro atoms. The SMILES string of the molecule is NCC1CCCc2ccc(C(=O)NCc3cc(N)ccn3)cc21. The molecular formula is C18H22N4O. The molecule has 1 amide bonds. The molecule has 1 aromatic carbocycles. The fourth-order valence-electron chi connectivity index (χ4n) is 3.15. The van der Waals surface area contributed by atoms with Crippen LogP contribution in [0.4, 0.5) is 5.69 Å². The van der Waals surface area contributed by atoms with E-state index in [1.807, 2.05) is 12.1 Å². The lowest BCUT2D eigenvalue weighted by Crippen LogP contribution is -2.24. The number of aryl methyl sites for hydroxylation is 1. The van der Waals surface area contributed by atoms with Crippen molar-refractivity contribution in [2.45, 2.75) is 31.7 Å². The van der Waals surface area contributed by atoms with Gasteiger partial charge in [-0.3, -0.25) is 9.78 Å². The normalized spacial score (nSPS) is 16.7. The highest BCUT2D eigenvalue weighted by atomic mass is 16.1. The van der Waals surface area contributed by atoms with Gasteiger partial charge in [0, 0.05) is 17.4 Å². The van der Waals surface area contributed by atoms with Gasteiger partial charge in [-0.25, -0.2) is 0 Å². The summed E-state index contributed by atoms with van der Waals surface area (Å²) in [6.45, 7) is 0.993. The highest BCUT2D eigenvalue weighted by Crippen LogP contribution is 2.31. The molecule has 1 unspecified atom stereocenters. The minimum Gasteiger partial charge on any atom is -0.399 e. The molecule has 0 saturated carbocycles. The molecule has 0 radical (unpaired) electrons. The summed E-state index contributed by atoms with van der Waals surface area (Å²) in [5.41, 5.74) is 16.2. The van der Waals surface area contributed by atoms with Crippen LogP contribution >= 0.6 is 0 Å². The molecule has 0 bridgehead atoms. The predicted molar refractivity (Wildman–Crippen MR) is 91.0 cm³/mol. The average molecular weight is 310 g/mol. The Balaban J connectivity index is 1.72. The number of aromatic nitrogens is 1. The molecule has 1 aromatic heterocycles. The van der Waals surface area contributed by atoms with Crippen LogP contribution in [0, 0.1) is 0 Å². The predicted octanol–water partition coefficient (Wildman–Crippen LogP) is 1.97. The second-order valence-electron chi connectivity index (χ2n) is 6.00. The first-order valence-electron chi connectivity index (χ1n) is 7.99. The van der Waals surface area contributed by atoms with Gasteiger partial charge < -0.3 is 16.8 Å². The monoisotopic (exact) mass is 310 g/mol. The molecule has 120 valence electrons. The molecule has 1 aliphatic carbocycles. The molecule has 0 fully saturated rings. The maximum absolute atomic E-state index is 12.4. The van der Waals surface area contributed by atoms with Crippen LogP contribution in [0.2, 0.25) is 0 Å². The minimum absolute atomic E-state index is 0.0987. The second-order valence-corrected chi connectivity index (χ2v) is 6.00. The second kappa shape index (κ2) is 6.79. The number of nitrogen functional groups attached to an aromatic ring is 1. The lowest BCUT2D eigenvalue weighted by molar-refractivity contribution is 0.0950. The van der Waals surface area contributed by atoms with Crippen LogP contribution in [-0.4, -0.2) is 17.4 Å². The summed E-state index contributed by atoms with van der Waals surface area (Å²) in [7, 11) is 0. The van der Waals surface area contributed by atoms with E-state index in [1.54, 1.807) is 18.3 Å². The van der Waals surface area contributed by atoms with Gasteiger partial charge >= 0.3 is 0 Å². The molecule has 5 N–H and O–H groups in total. The summed E-state index contributed by atoms with van der Waals surface area (Å²) >= 11 is 0. The third kappa shape index (κ3) is 3.51. The van der Waals surface area contributed by atoms with Crippen molar-refractivity contribution in [3.8, 4) is 0 Å². The van der Waals surface area contributed by atoms with Crippen LogP contribution in [0.25, 0.3) is 0 Å². The van der Waals surface area contributed by atoms with Gasteiger partial charge in [0.05, 0.1) is 12.2 Å². The summed E-state index contributed by atoms with van der Waals surface area (Å²) in [5, 5.41) is 2.89. The number of anilines is 1. The number of rotatable bonds is 4. The lowest BCUT2D eigenvalue weighted by Gasteiger charge is -2.24. The Bertz CT molecular complexity index is 714. The van der Waals surface area contributed by atoms with E-state index in [0.717, 1.165) is 18.5 Å². The van der Waals surface area contributed by atoms with Crippen molar-refractivity contribution in [1.29, 1.82) is 0 Å². The number of hydrogen-bond acceptors (Lipinski definition) is 4. The highest BCUT2D eigenvalue weighted by Gasteiger charge is 2.20. The third-order valence-corrected chi connectivity index (χ3v) is 4.40. The number of hydrogen-bond donors (Lipinski definition) is 3. The molecule has 2 aromatic rings. The standard InChI is InChI=1S/C18H22N4O/c19-10-14-3-1-2-12-4-5-13(8-17(12)14)18(23)22-11-16-9-15(20)6-7-21-16/h4-9,14H,1-3,10-11,19H2,(H2,20,21)(H,22,23). The van der Waals surface area contributed by atoms with Crippen molar-refractivity contribution < 1.29 is 4.79 Å². The first-order chi connectivity index (χ1) is 11.2. The van der Waals surface area contributed by atoms with Crippen LogP contribution < -0.4 is 16.8 Å². The van der Waals surface area contributed by atoms with Gasteiger partial charge in [-0.2, -0.15) is 0 Å². The van der Waals surface area contributed by atoms with Crippen molar-refractivity contribution in [2.75, 3.05) is 12.3 Å². The van der Waals surface area contributed by atoms with E-state index in [9.17, 15) is 4.79 Å². The number of carbonyl (C=O) groups excluding carboxylic acids is 1. The molecule has 1 atom stereocenters. The number of nitrogens with two attached hydrogens (primary N) is 2. The maximum atomic E-state index is 12.4. The lowest BCUT2D eigenvalue weighted by atomic mass is 9.82. The Morgan fingerprint density at radius 2 is 2.17 bits per heavy atom.